The lowest BCUT2D eigenvalue weighted by molar-refractivity contribution is -0.390. The van der Waals surface area contributed by atoms with Gasteiger partial charge in [0, 0.05) is 17.4 Å². The van der Waals surface area contributed by atoms with Crippen molar-refractivity contribution in [2.45, 2.75) is 392 Å². The van der Waals surface area contributed by atoms with Crippen LogP contribution in [0.25, 0.3) is 0 Å². The number of aliphatic hydroxyl groups is 22. The summed E-state index contributed by atoms with van der Waals surface area (Å²) >= 11 is 0. The molecule has 0 bridgehead atoms. The van der Waals surface area contributed by atoms with Crippen LogP contribution in [-0.2, 0) is 90.1 Å². The van der Waals surface area contributed by atoms with Gasteiger partial charge in [-0.2, -0.15) is 0 Å². The number of aliphatic hydroxyl groups excluding tert-OH is 22. The van der Waals surface area contributed by atoms with Gasteiger partial charge < -0.3 is 193 Å². The molecule has 41 nitrogen and oxygen atoms in total. The van der Waals surface area contributed by atoms with Crippen molar-refractivity contribution in [2.24, 2.45) is 50.2 Å². The smallest absolute Gasteiger partial charge is 0.333 e. The zero-order valence-corrected chi connectivity index (χ0v) is 72.8. The number of fused-ring (bicyclic) bond motifs is 7. The maximum Gasteiger partial charge on any atom is 0.333 e. The molecule has 722 valence electrons. The molecule has 5 aliphatic carbocycles. The Kier molecular flexibility index (Phi) is 30.8. The summed E-state index contributed by atoms with van der Waals surface area (Å²) in [5, 5.41) is 241. The van der Waals surface area contributed by atoms with Crippen molar-refractivity contribution in [2.75, 3.05) is 39.6 Å². The molecule has 12 fully saturated rings. The minimum atomic E-state index is -2.21. The van der Waals surface area contributed by atoms with Gasteiger partial charge in [0.25, 0.3) is 0 Å². The van der Waals surface area contributed by atoms with Gasteiger partial charge in [-0.25, -0.2) is 4.79 Å². The highest BCUT2D eigenvalue weighted by molar-refractivity contribution is 5.88. The second kappa shape index (κ2) is 38.8. The van der Waals surface area contributed by atoms with E-state index in [9.17, 15) is 117 Å². The Morgan fingerprint density at radius 3 is 1.61 bits per heavy atom. The van der Waals surface area contributed by atoms with Crippen LogP contribution < -0.4 is 0 Å². The summed E-state index contributed by atoms with van der Waals surface area (Å²) in [5.74, 6) is -2.49. The van der Waals surface area contributed by atoms with Gasteiger partial charge in [0.1, 0.15) is 165 Å². The van der Waals surface area contributed by atoms with E-state index >= 15 is 4.79 Å². The van der Waals surface area contributed by atoms with Crippen molar-refractivity contribution < 1.29 is 202 Å². The van der Waals surface area contributed by atoms with Gasteiger partial charge in [0.15, 0.2) is 50.1 Å². The van der Waals surface area contributed by atoms with Gasteiger partial charge in [-0.15, -0.1) is 6.58 Å². The Morgan fingerprint density at radius 1 is 0.484 bits per heavy atom. The quantitative estimate of drug-likeness (QED) is 0.0166. The normalized spacial score (nSPS) is 51.4. The van der Waals surface area contributed by atoms with Gasteiger partial charge in [0.2, 0.25) is 6.29 Å². The van der Waals surface area contributed by atoms with Crippen molar-refractivity contribution in [1.29, 1.82) is 0 Å². The van der Waals surface area contributed by atoms with Crippen LogP contribution >= 0.6 is 0 Å². The maximum atomic E-state index is 16.6. The third-order valence-electron chi connectivity index (χ3n) is 31.0. The molecule has 0 unspecified atom stereocenters. The third kappa shape index (κ3) is 18.5. The van der Waals surface area contributed by atoms with Gasteiger partial charge in [0.05, 0.1) is 69.0 Å². The summed E-state index contributed by atoms with van der Waals surface area (Å²) in [5.41, 5.74) is -4.99. The predicted molar refractivity (Wildman–Crippen MR) is 422 cm³/mol. The number of carbonyl (C=O) groups is 2. The molecule has 41 heteroatoms. The lowest BCUT2D eigenvalue weighted by Gasteiger charge is -2.71. The van der Waals surface area contributed by atoms with Crippen LogP contribution in [0.15, 0.2) is 36.0 Å². The molecule has 0 aromatic rings. The number of hydrogen-bond acceptors (Lipinski definition) is 41. The van der Waals surface area contributed by atoms with Crippen molar-refractivity contribution >= 4 is 11.9 Å². The molecule has 13 aliphatic rings. The Labute approximate surface area is 729 Å². The van der Waals surface area contributed by atoms with E-state index in [1.54, 1.807) is 19.9 Å². The number of ether oxygens (including phenoxy) is 17. The predicted octanol–water partition coefficient (Wildman–Crippen LogP) is -5.58. The first-order chi connectivity index (χ1) is 59.1. The van der Waals surface area contributed by atoms with E-state index in [-0.39, 0.29) is 49.5 Å². The largest absolute Gasteiger partial charge is 0.458 e. The zero-order valence-electron chi connectivity index (χ0n) is 72.8. The van der Waals surface area contributed by atoms with Crippen molar-refractivity contribution in [3.63, 3.8) is 0 Å². The highest BCUT2D eigenvalue weighted by Crippen LogP contribution is 2.76. The summed E-state index contributed by atoms with van der Waals surface area (Å²) in [7, 11) is 0. The fourth-order valence-corrected chi connectivity index (χ4v) is 22.7. The highest BCUT2D eigenvalue weighted by atomic mass is 16.8. The van der Waals surface area contributed by atoms with E-state index in [1.807, 2.05) is 13.8 Å². The molecule has 8 aliphatic heterocycles. The Morgan fingerprint density at radius 2 is 0.984 bits per heavy atom. The van der Waals surface area contributed by atoms with E-state index < -0.39 is 335 Å². The first-order valence-corrected chi connectivity index (χ1v) is 44.0. The van der Waals surface area contributed by atoms with E-state index in [2.05, 4.69) is 47.3 Å². The second-order valence-electron chi connectivity index (χ2n) is 39.5. The fourth-order valence-electron chi connectivity index (χ4n) is 22.7. The van der Waals surface area contributed by atoms with E-state index in [1.165, 1.54) is 19.9 Å². The van der Waals surface area contributed by atoms with Crippen molar-refractivity contribution in [1.82, 2.24) is 0 Å². The monoisotopic (exact) mass is 1810 g/mol. The minimum absolute atomic E-state index is 0.0322. The Hall–Kier alpha value is -3.32. The maximum absolute atomic E-state index is 16.6. The minimum Gasteiger partial charge on any atom is -0.458 e. The molecular formula is C85H136O41. The van der Waals surface area contributed by atoms with Gasteiger partial charge in [-0.3, -0.25) is 4.79 Å². The van der Waals surface area contributed by atoms with Crippen molar-refractivity contribution in [3.8, 4) is 0 Å². The van der Waals surface area contributed by atoms with Crippen LogP contribution in [0.4, 0.5) is 0 Å². The summed E-state index contributed by atoms with van der Waals surface area (Å²) < 4.78 is 104. The lowest BCUT2D eigenvalue weighted by Crippen LogP contribution is -2.67. The average Bonchev–Trinajstić information content (AvgIpc) is 0.696. The van der Waals surface area contributed by atoms with E-state index in [0.717, 1.165) is 5.57 Å². The molecule has 0 spiro atoms. The highest BCUT2D eigenvalue weighted by Gasteiger charge is 2.72. The number of allylic oxidation sites excluding steroid dienone is 3. The van der Waals surface area contributed by atoms with Crippen molar-refractivity contribution in [3.05, 3.63) is 36.0 Å². The molecule has 13 rings (SSSR count). The lowest BCUT2D eigenvalue weighted by atomic mass is 9.33. The summed E-state index contributed by atoms with van der Waals surface area (Å²) in [4.78, 5) is 31.5. The SMILES string of the molecule is C=C[C@](C)(CC/C=C(\C)C(=O)O[C@H]1C[C@]2(C(=O)O[C@@H]3O[C@H](CO)[C@@H](O)[C@H](O)[C@H]3O[C@@H]3O[C@@H](C)[C@H](O[C@@H]4O[C@@H](CO)[C@H](O)[C@H]4O)[C@@H](O[C@@H]4O[C@H](CO)[C@@H](O)[C@H](O)[C@H]4O)[C@H]3O)CC[C@]3(C)C(=CC[C@@H]4[C@@]5(C)CC[C@H](O[C@@H]6O[C@H](CO[C@@H]7OC[C@H](O)[C@H](O)[C@H]7O[C@@H]7OC[C@@H](O)[C@H](O)[C@H]7O)[C@@H](O)[C@H](O)[C@H]6O)C(C)(C)[C@@H]5CC[C@]43C)[C@@H]2CC1(C)C)O[C@@H]1O[C@H](C)[C@@H](O)[C@H](O)[C@H]1O. The molecule has 4 saturated carbocycles. The number of carbonyl (C=O) groups excluding carboxylic acids is 2. The zero-order chi connectivity index (χ0) is 92.2. The van der Waals surface area contributed by atoms with Gasteiger partial charge in [-0.1, -0.05) is 72.3 Å². The van der Waals surface area contributed by atoms with Crippen LogP contribution in [0.2, 0.25) is 0 Å². The molecule has 47 atom stereocenters. The molecule has 0 aromatic carbocycles. The average molecular weight is 1810 g/mol. The molecule has 0 amide bonds. The second-order valence-corrected chi connectivity index (χ2v) is 39.5. The number of hydrogen-bond donors (Lipinski definition) is 22. The molecule has 8 heterocycles. The molecule has 0 aromatic heterocycles. The number of esters is 2. The van der Waals surface area contributed by atoms with E-state index in [4.69, 9.17) is 80.5 Å². The topological polar surface area (TPSA) is 636 Å². The summed E-state index contributed by atoms with van der Waals surface area (Å²) in [6.45, 7) is 20.8. The molecule has 8 saturated heterocycles. The molecule has 0 radical (unpaired) electrons. The van der Waals surface area contributed by atoms with Crippen LogP contribution in [0.5, 0.6) is 0 Å². The van der Waals surface area contributed by atoms with E-state index in [0.29, 0.717) is 38.5 Å². The number of rotatable bonds is 26. The first kappa shape index (κ1) is 100. The third-order valence-corrected chi connectivity index (χ3v) is 31.0. The van der Waals surface area contributed by atoms with Crippen LogP contribution in [0, 0.1) is 50.2 Å². The molecular weight excluding hydrogens is 1680 g/mol. The summed E-state index contributed by atoms with van der Waals surface area (Å²) in [6, 6.07) is 0. The molecule has 126 heavy (non-hydrogen) atoms. The van der Waals surface area contributed by atoms with Crippen LogP contribution in [0.1, 0.15) is 147 Å². The fraction of sp³-hybridized carbons (Fsp3) is 0.906. The van der Waals surface area contributed by atoms with Crippen LogP contribution in [-0.4, -0.2) is 409 Å². The van der Waals surface area contributed by atoms with Gasteiger partial charge in [-0.05, 0) is 131 Å². The first-order valence-electron chi connectivity index (χ1n) is 44.0. The van der Waals surface area contributed by atoms with Crippen LogP contribution in [0.3, 0.4) is 0 Å². The molecule has 22 N–H and O–H groups in total. The standard InChI is InChI=1S/C85H136O41/c1-13-81(9,126-75-63(106)55(98)48(91)34(3)113-75)20-14-15-33(2)69(108)119-47-26-85(78(109)125-77-68(58(101)52(95)41(28-87)117-77)124-74-64(107)66(122-73-62(105)56(99)51(94)40(27-86)115-73)65(35(4)114-74)121-72-60(103)53(96)42(29-88)116-72)24-23-83(11)36(37(85)25-79(47,5)6)16-17-45-82(10)21-19-46(80(7,8)44(82)18-22-84(45,83)12)120-71-61(104)57(100)54(97)43(118-71)32-112-76-67(50(93)39(90)31-111-76)123-70-59(102)49(92)38(89)30-110-70/h13,15-16,34-35,37-68,70-77,86-107H,1,14,17-32H2,2-12H3/b33-15+/t34-,35+,37+,38-,39+,40-,41-,42+,43-,44+,45-,46+,47+,48-,49+,50+,51-,52-,53+,54-,55+,56+,57+,58+,59-,60-,61-,62-,63-,64-,65+,66+,67-,68-,70+,71+,72+,73+,74+,75+,76+,77+,81-,82+,83-,84-,85-/m1/s1. The van der Waals surface area contributed by atoms with Gasteiger partial charge >= 0.3 is 11.9 Å². The summed E-state index contributed by atoms with van der Waals surface area (Å²) in [6.07, 6.45) is -56.1. The Balaban J connectivity index is 0.774. The Bertz CT molecular complexity index is 3750.